The Morgan fingerprint density at radius 2 is 1.79 bits per heavy atom. The van der Waals surface area contributed by atoms with E-state index in [9.17, 15) is 18.3 Å². The Morgan fingerprint density at radius 3 is 2.07 bits per heavy atom. The lowest BCUT2D eigenvalue weighted by molar-refractivity contribution is -0.204. The van der Waals surface area contributed by atoms with E-state index in [1.165, 1.54) is 20.8 Å². The van der Waals surface area contributed by atoms with Gasteiger partial charge in [0.25, 0.3) is 5.92 Å². The van der Waals surface area contributed by atoms with Crippen molar-refractivity contribution in [3.05, 3.63) is 0 Å². The average molecular weight is 210 g/mol. The molecule has 1 aliphatic carbocycles. The van der Waals surface area contributed by atoms with Crippen molar-refractivity contribution in [2.75, 3.05) is 0 Å². The summed E-state index contributed by atoms with van der Waals surface area (Å²) in [6.07, 6.45) is -1.96. The van der Waals surface area contributed by atoms with Gasteiger partial charge in [0, 0.05) is 5.92 Å². The molecule has 1 atom stereocenters. The molecule has 4 heteroatoms. The lowest BCUT2D eigenvalue weighted by atomic mass is 9.68. The second-order valence-corrected chi connectivity index (χ2v) is 4.88. The van der Waals surface area contributed by atoms with Crippen LogP contribution in [-0.4, -0.2) is 22.8 Å². The Bertz CT molecular complexity index is 205. The molecule has 1 saturated carbocycles. The quantitative estimate of drug-likeness (QED) is 0.759. The molecule has 0 aromatic heterocycles. The maximum absolute atomic E-state index is 13.4. The van der Waals surface area contributed by atoms with Gasteiger partial charge in [0.15, 0.2) is 0 Å². The van der Waals surface area contributed by atoms with Crippen LogP contribution >= 0.6 is 0 Å². The summed E-state index contributed by atoms with van der Waals surface area (Å²) in [7, 11) is 0. The van der Waals surface area contributed by atoms with Crippen LogP contribution in [0.15, 0.2) is 0 Å². The predicted molar refractivity (Wildman–Crippen MR) is 48.0 cm³/mol. The third kappa shape index (κ3) is 2.05. The smallest absolute Gasteiger partial charge is 0.276 e. The van der Waals surface area contributed by atoms with Crippen molar-refractivity contribution in [3.63, 3.8) is 0 Å². The highest BCUT2D eigenvalue weighted by Crippen LogP contribution is 2.50. The van der Waals surface area contributed by atoms with Gasteiger partial charge in [-0.05, 0) is 25.7 Å². The number of aliphatic hydroxyl groups is 1. The van der Waals surface area contributed by atoms with E-state index < -0.39 is 29.5 Å². The van der Waals surface area contributed by atoms with Crippen LogP contribution < -0.4 is 0 Å². The van der Waals surface area contributed by atoms with Crippen LogP contribution in [-0.2, 0) is 0 Å². The molecule has 1 rings (SSSR count). The van der Waals surface area contributed by atoms with Gasteiger partial charge in [-0.2, -0.15) is 0 Å². The maximum atomic E-state index is 13.4. The lowest BCUT2D eigenvalue weighted by Crippen LogP contribution is -2.53. The van der Waals surface area contributed by atoms with Gasteiger partial charge in [0.1, 0.15) is 11.8 Å². The molecule has 0 radical (unpaired) electrons. The third-order valence-corrected chi connectivity index (χ3v) is 2.91. The lowest BCUT2D eigenvalue weighted by Gasteiger charge is -2.44. The first-order valence-corrected chi connectivity index (χ1v) is 4.91. The van der Waals surface area contributed by atoms with Gasteiger partial charge < -0.3 is 5.11 Å². The molecule has 0 bridgehead atoms. The van der Waals surface area contributed by atoms with E-state index in [4.69, 9.17) is 0 Å². The summed E-state index contributed by atoms with van der Waals surface area (Å²) in [6, 6.07) is 0. The largest absolute Gasteiger partial charge is 0.387 e. The summed E-state index contributed by atoms with van der Waals surface area (Å²) in [5.41, 5.74) is -1.47. The van der Waals surface area contributed by atoms with Gasteiger partial charge in [0.05, 0.1) is 0 Å². The number of rotatable bonds is 3. The molecule has 1 aliphatic rings. The van der Waals surface area contributed by atoms with Crippen LogP contribution in [0.2, 0.25) is 0 Å². The van der Waals surface area contributed by atoms with Gasteiger partial charge in [-0.25, -0.2) is 13.2 Å². The van der Waals surface area contributed by atoms with Crippen molar-refractivity contribution in [2.45, 2.75) is 51.3 Å². The molecule has 0 aliphatic heterocycles. The van der Waals surface area contributed by atoms with Crippen molar-refractivity contribution < 1.29 is 18.3 Å². The Kier molecular flexibility index (Phi) is 2.87. The molecule has 14 heavy (non-hydrogen) atoms. The molecule has 0 saturated heterocycles. The molecular weight excluding hydrogens is 193 g/mol. The molecule has 0 spiro atoms. The molecule has 0 amide bonds. The van der Waals surface area contributed by atoms with Gasteiger partial charge in [-0.15, -0.1) is 0 Å². The van der Waals surface area contributed by atoms with Gasteiger partial charge in [-0.1, -0.05) is 13.8 Å². The Labute approximate surface area is 82.3 Å². The second kappa shape index (κ2) is 3.40. The summed E-state index contributed by atoms with van der Waals surface area (Å²) in [6.45, 7) is 4.39. The van der Waals surface area contributed by atoms with Crippen molar-refractivity contribution in [1.82, 2.24) is 0 Å². The molecule has 1 nitrogen and oxygen atoms in total. The second-order valence-electron chi connectivity index (χ2n) is 4.88. The van der Waals surface area contributed by atoms with Gasteiger partial charge >= 0.3 is 0 Å². The topological polar surface area (TPSA) is 20.2 Å². The van der Waals surface area contributed by atoms with Crippen molar-refractivity contribution in [2.24, 2.45) is 11.8 Å². The first-order valence-electron chi connectivity index (χ1n) is 4.91. The highest BCUT2D eigenvalue weighted by molar-refractivity contribution is 5.00. The Balaban J connectivity index is 2.59. The molecule has 0 aromatic carbocycles. The van der Waals surface area contributed by atoms with Crippen LogP contribution in [0.3, 0.4) is 0 Å². The monoisotopic (exact) mass is 210 g/mol. The number of hydrogen-bond acceptors (Lipinski definition) is 1. The van der Waals surface area contributed by atoms with E-state index in [0.29, 0.717) is 0 Å². The summed E-state index contributed by atoms with van der Waals surface area (Å²) in [5, 5.41) is 9.29. The normalized spacial score (nSPS) is 35.6. The maximum Gasteiger partial charge on any atom is 0.276 e. The van der Waals surface area contributed by atoms with Crippen LogP contribution in [0.4, 0.5) is 13.2 Å². The van der Waals surface area contributed by atoms with E-state index in [1.54, 1.807) is 0 Å². The summed E-state index contributed by atoms with van der Waals surface area (Å²) in [5.74, 6) is -4.66. The van der Waals surface area contributed by atoms with Crippen LogP contribution in [0.5, 0.6) is 0 Å². The van der Waals surface area contributed by atoms with E-state index in [-0.39, 0.29) is 12.8 Å². The zero-order valence-corrected chi connectivity index (χ0v) is 8.73. The highest BCUT2D eigenvalue weighted by Gasteiger charge is 2.57. The number of alkyl halides is 3. The van der Waals surface area contributed by atoms with Gasteiger partial charge in [-0.3, -0.25) is 0 Å². The first kappa shape index (κ1) is 11.8. The zero-order chi connectivity index (χ0) is 11.1. The summed E-state index contributed by atoms with van der Waals surface area (Å²) < 4.78 is 39.9. The standard InChI is InChI=1S/C10H17F3O/c1-6(2)8(14)10(12,13)7-4-9(3,11)5-7/h6-8,14H,4-5H2,1-3H3. The van der Waals surface area contributed by atoms with Crippen molar-refractivity contribution in [1.29, 1.82) is 0 Å². The third-order valence-electron chi connectivity index (χ3n) is 2.91. The van der Waals surface area contributed by atoms with Crippen LogP contribution in [0.1, 0.15) is 33.6 Å². The van der Waals surface area contributed by atoms with Crippen molar-refractivity contribution >= 4 is 0 Å². The minimum Gasteiger partial charge on any atom is -0.387 e. The van der Waals surface area contributed by atoms with E-state index in [1.807, 2.05) is 0 Å². The first-order chi connectivity index (χ1) is 6.17. The molecule has 1 unspecified atom stereocenters. The van der Waals surface area contributed by atoms with Crippen LogP contribution in [0, 0.1) is 11.8 Å². The zero-order valence-electron chi connectivity index (χ0n) is 8.73. The van der Waals surface area contributed by atoms with Gasteiger partial charge in [0.2, 0.25) is 0 Å². The summed E-state index contributed by atoms with van der Waals surface area (Å²) in [4.78, 5) is 0. The van der Waals surface area contributed by atoms with E-state index in [2.05, 4.69) is 0 Å². The molecular formula is C10H17F3O. The SMILES string of the molecule is CC(C)C(O)C(F)(F)C1CC(C)(F)C1. The number of halogens is 3. The van der Waals surface area contributed by atoms with Crippen molar-refractivity contribution in [3.8, 4) is 0 Å². The Hall–Kier alpha value is -0.250. The predicted octanol–water partition coefficient (Wildman–Crippen LogP) is 2.78. The minimum atomic E-state index is -3.15. The van der Waals surface area contributed by atoms with Crippen LogP contribution in [0.25, 0.3) is 0 Å². The summed E-state index contributed by atoms with van der Waals surface area (Å²) >= 11 is 0. The number of aliphatic hydroxyl groups excluding tert-OH is 1. The molecule has 0 heterocycles. The average Bonchev–Trinajstić information content (AvgIpc) is 1.98. The minimum absolute atomic E-state index is 0.149. The fraction of sp³-hybridized carbons (Fsp3) is 1.00. The molecule has 0 aromatic rings. The van der Waals surface area contributed by atoms with E-state index >= 15 is 0 Å². The molecule has 84 valence electrons. The number of hydrogen-bond donors (Lipinski definition) is 1. The van der Waals surface area contributed by atoms with E-state index in [0.717, 1.165) is 0 Å². The fourth-order valence-electron chi connectivity index (χ4n) is 1.93. The fourth-order valence-corrected chi connectivity index (χ4v) is 1.93. The molecule has 1 fully saturated rings. The highest BCUT2D eigenvalue weighted by atomic mass is 19.3. The molecule has 1 N–H and O–H groups in total. The Morgan fingerprint density at radius 1 is 1.36 bits per heavy atom.